The van der Waals surface area contributed by atoms with E-state index in [9.17, 15) is 0 Å². The molecule has 1 aromatic heterocycles. The van der Waals surface area contributed by atoms with E-state index in [1.165, 1.54) is 11.1 Å². The summed E-state index contributed by atoms with van der Waals surface area (Å²) in [6, 6.07) is 4.31. The summed E-state index contributed by atoms with van der Waals surface area (Å²) in [5.74, 6) is 0.958. The number of nitrogens with zero attached hydrogens (tertiary/aromatic N) is 1. The summed E-state index contributed by atoms with van der Waals surface area (Å²) in [5.41, 5.74) is 6.80. The summed E-state index contributed by atoms with van der Waals surface area (Å²) < 4.78 is 5.42. The first-order chi connectivity index (χ1) is 9.08. The molecule has 0 unspecified atom stereocenters. The Morgan fingerprint density at radius 1 is 1.21 bits per heavy atom. The van der Waals surface area contributed by atoms with E-state index in [1.807, 2.05) is 7.05 Å². The van der Waals surface area contributed by atoms with Gasteiger partial charge in [0.25, 0.3) is 0 Å². The third kappa shape index (κ3) is 2.49. The van der Waals surface area contributed by atoms with Crippen LogP contribution in [-0.2, 0) is 6.54 Å². The highest BCUT2D eigenvalue weighted by Crippen LogP contribution is 2.32. The molecular weight excluding hydrogens is 238 g/mol. The SMILES string of the molecule is CNCc1n[nH]c(C)c1-c1cc(C)c(OC)c(C)c1. The number of rotatable bonds is 4. The van der Waals surface area contributed by atoms with E-state index in [4.69, 9.17) is 4.74 Å². The van der Waals surface area contributed by atoms with Crippen LogP contribution >= 0.6 is 0 Å². The lowest BCUT2D eigenvalue weighted by atomic mass is 9.98. The second kappa shape index (κ2) is 5.45. The summed E-state index contributed by atoms with van der Waals surface area (Å²) in [7, 11) is 3.64. The van der Waals surface area contributed by atoms with Crippen molar-refractivity contribution in [3.63, 3.8) is 0 Å². The molecule has 0 radical (unpaired) electrons. The minimum absolute atomic E-state index is 0.754. The molecule has 0 atom stereocenters. The quantitative estimate of drug-likeness (QED) is 0.887. The highest BCUT2D eigenvalue weighted by Gasteiger charge is 2.14. The number of hydrogen-bond donors (Lipinski definition) is 2. The van der Waals surface area contributed by atoms with Gasteiger partial charge in [-0.2, -0.15) is 5.10 Å². The highest BCUT2D eigenvalue weighted by atomic mass is 16.5. The number of benzene rings is 1. The lowest BCUT2D eigenvalue weighted by Crippen LogP contribution is -2.06. The topological polar surface area (TPSA) is 49.9 Å². The molecule has 2 aromatic rings. The summed E-state index contributed by atoms with van der Waals surface area (Å²) in [6.45, 7) is 6.95. The number of ether oxygens (including phenoxy) is 1. The van der Waals surface area contributed by atoms with Crippen molar-refractivity contribution in [3.05, 3.63) is 34.6 Å². The predicted molar refractivity (Wildman–Crippen MR) is 77.6 cm³/mol. The molecule has 0 fully saturated rings. The Morgan fingerprint density at radius 3 is 2.37 bits per heavy atom. The van der Waals surface area contributed by atoms with Crippen LogP contribution in [0.25, 0.3) is 11.1 Å². The van der Waals surface area contributed by atoms with Gasteiger partial charge in [0.15, 0.2) is 0 Å². The fourth-order valence-corrected chi connectivity index (χ4v) is 2.57. The maximum atomic E-state index is 5.42. The average Bonchev–Trinajstić information content (AvgIpc) is 2.70. The molecule has 0 aliphatic carbocycles. The zero-order chi connectivity index (χ0) is 14.0. The minimum Gasteiger partial charge on any atom is -0.496 e. The van der Waals surface area contributed by atoms with Crippen LogP contribution in [0.5, 0.6) is 5.75 Å². The van der Waals surface area contributed by atoms with Gasteiger partial charge in [0, 0.05) is 17.8 Å². The number of methoxy groups -OCH3 is 1. The molecule has 0 aliphatic heterocycles. The van der Waals surface area contributed by atoms with Crippen molar-refractivity contribution in [2.45, 2.75) is 27.3 Å². The van der Waals surface area contributed by atoms with E-state index < -0.39 is 0 Å². The molecule has 0 saturated heterocycles. The van der Waals surface area contributed by atoms with Crippen LogP contribution in [-0.4, -0.2) is 24.4 Å². The Kier molecular flexibility index (Phi) is 3.90. The Hall–Kier alpha value is -1.81. The maximum Gasteiger partial charge on any atom is 0.124 e. The molecule has 2 N–H and O–H groups in total. The average molecular weight is 259 g/mol. The number of aromatic nitrogens is 2. The van der Waals surface area contributed by atoms with Gasteiger partial charge in [-0.1, -0.05) is 0 Å². The maximum absolute atomic E-state index is 5.42. The molecule has 0 saturated carbocycles. The predicted octanol–water partition coefficient (Wildman–Crippen LogP) is 2.73. The van der Waals surface area contributed by atoms with Gasteiger partial charge < -0.3 is 10.1 Å². The van der Waals surface area contributed by atoms with Crippen LogP contribution in [0.2, 0.25) is 0 Å². The Balaban J connectivity index is 2.56. The van der Waals surface area contributed by atoms with E-state index in [1.54, 1.807) is 7.11 Å². The molecule has 102 valence electrons. The second-order valence-electron chi connectivity index (χ2n) is 4.84. The molecule has 1 aromatic carbocycles. The Labute approximate surface area is 114 Å². The lowest BCUT2D eigenvalue weighted by Gasteiger charge is -2.12. The van der Waals surface area contributed by atoms with Crippen LogP contribution in [0.3, 0.4) is 0 Å². The molecule has 1 heterocycles. The third-order valence-corrected chi connectivity index (χ3v) is 3.32. The van der Waals surface area contributed by atoms with Crippen molar-refractivity contribution in [1.29, 1.82) is 0 Å². The van der Waals surface area contributed by atoms with Crippen LogP contribution < -0.4 is 10.1 Å². The monoisotopic (exact) mass is 259 g/mol. The highest BCUT2D eigenvalue weighted by molar-refractivity contribution is 5.71. The first kappa shape index (κ1) is 13.6. The molecule has 0 bridgehead atoms. The van der Waals surface area contributed by atoms with Gasteiger partial charge in [0.2, 0.25) is 0 Å². The van der Waals surface area contributed by atoms with Crippen LogP contribution in [0.4, 0.5) is 0 Å². The molecule has 0 amide bonds. The van der Waals surface area contributed by atoms with Crippen molar-refractivity contribution in [2.75, 3.05) is 14.2 Å². The Bertz CT molecular complexity index is 564. The van der Waals surface area contributed by atoms with E-state index in [-0.39, 0.29) is 0 Å². The van der Waals surface area contributed by atoms with Gasteiger partial charge >= 0.3 is 0 Å². The van der Waals surface area contributed by atoms with Crippen molar-refractivity contribution < 1.29 is 4.74 Å². The van der Waals surface area contributed by atoms with E-state index in [2.05, 4.69) is 48.4 Å². The van der Waals surface area contributed by atoms with Crippen molar-refractivity contribution in [2.24, 2.45) is 0 Å². The molecule has 0 aliphatic rings. The molecule has 4 nitrogen and oxygen atoms in total. The normalized spacial score (nSPS) is 10.8. The van der Waals surface area contributed by atoms with Crippen molar-refractivity contribution in [1.82, 2.24) is 15.5 Å². The van der Waals surface area contributed by atoms with Crippen LogP contribution in [0, 0.1) is 20.8 Å². The smallest absolute Gasteiger partial charge is 0.124 e. The number of aryl methyl sites for hydroxylation is 3. The van der Waals surface area contributed by atoms with Gasteiger partial charge in [0.1, 0.15) is 5.75 Å². The number of nitrogens with one attached hydrogen (secondary N) is 2. The first-order valence-corrected chi connectivity index (χ1v) is 6.42. The van der Waals surface area contributed by atoms with E-state index in [0.717, 1.165) is 34.8 Å². The minimum atomic E-state index is 0.754. The summed E-state index contributed by atoms with van der Waals surface area (Å²) in [4.78, 5) is 0. The molecule has 4 heteroatoms. The largest absolute Gasteiger partial charge is 0.496 e. The standard InChI is InChI=1S/C15H21N3O/c1-9-6-12(7-10(2)15(9)19-5)14-11(3)17-18-13(14)8-16-4/h6-7,16H,8H2,1-5H3,(H,17,18). The first-order valence-electron chi connectivity index (χ1n) is 6.42. The number of hydrogen-bond acceptors (Lipinski definition) is 3. The number of H-pyrrole nitrogens is 1. The molecule has 19 heavy (non-hydrogen) atoms. The lowest BCUT2D eigenvalue weighted by molar-refractivity contribution is 0.408. The zero-order valence-electron chi connectivity index (χ0n) is 12.2. The fourth-order valence-electron chi connectivity index (χ4n) is 2.57. The van der Waals surface area contributed by atoms with Crippen molar-refractivity contribution in [3.8, 4) is 16.9 Å². The molecule has 2 rings (SSSR count). The van der Waals surface area contributed by atoms with Crippen molar-refractivity contribution >= 4 is 0 Å². The van der Waals surface area contributed by atoms with Crippen LogP contribution in [0.1, 0.15) is 22.5 Å². The molecule has 0 spiro atoms. The zero-order valence-corrected chi connectivity index (χ0v) is 12.2. The third-order valence-electron chi connectivity index (χ3n) is 3.32. The van der Waals surface area contributed by atoms with Gasteiger partial charge in [0.05, 0.1) is 12.8 Å². The second-order valence-corrected chi connectivity index (χ2v) is 4.84. The van der Waals surface area contributed by atoms with Gasteiger partial charge in [-0.15, -0.1) is 0 Å². The van der Waals surface area contributed by atoms with E-state index >= 15 is 0 Å². The summed E-state index contributed by atoms with van der Waals surface area (Å²) in [6.07, 6.45) is 0. The van der Waals surface area contributed by atoms with Gasteiger partial charge in [-0.3, -0.25) is 5.10 Å². The van der Waals surface area contributed by atoms with E-state index in [0.29, 0.717) is 0 Å². The van der Waals surface area contributed by atoms with Gasteiger partial charge in [-0.25, -0.2) is 0 Å². The Morgan fingerprint density at radius 2 is 1.84 bits per heavy atom. The summed E-state index contributed by atoms with van der Waals surface area (Å²) in [5, 5.41) is 10.6. The molecular formula is C15H21N3O. The number of aromatic amines is 1. The summed E-state index contributed by atoms with van der Waals surface area (Å²) >= 11 is 0. The van der Waals surface area contributed by atoms with Crippen LogP contribution in [0.15, 0.2) is 12.1 Å². The van der Waals surface area contributed by atoms with Gasteiger partial charge in [-0.05, 0) is 56.6 Å². The fraction of sp³-hybridized carbons (Fsp3) is 0.400.